The van der Waals surface area contributed by atoms with Gasteiger partial charge in [-0.15, -0.1) is 0 Å². The summed E-state index contributed by atoms with van der Waals surface area (Å²) in [7, 11) is 0. The molecule has 3 fully saturated rings. The van der Waals surface area contributed by atoms with Crippen molar-refractivity contribution in [1.29, 1.82) is 0 Å². The third-order valence-electron chi connectivity index (χ3n) is 6.25. The van der Waals surface area contributed by atoms with Gasteiger partial charge in [0.1, 0.15) is 6.61 Å². The standard InChI is InChI=1S/C21H27NO6/c23-19(24)18-16-9-10-22(20(25)27-12-15-6-2-1-3-7-15)13-21(16,18)14-28-17-8-4-5-11-26-17/h1-3,6-7,16-18H,4-5,8-14H2,(H,23,24). The number of ether oxygens (including phenoxy) is 3. The van der Waals surface area contributed by atoms with E-state index >= 15 is 0 Å². The van der Waals surface area contributed by atoms with Crippen molar-refractivity contribution in [3.8, 4) is 0 Å². The van der Waals surface area contributed by atoms with Crippen LogP contribution >= 0.6 is 0 Å². The summed E-state index contributed by atoms with van der Waals surface area (Å²) >= 11 is 0. The molecule has 3 aliphatic rings. The van der Waals surface area contributed by atoms with Crippen LogP contribution in [0.5, 0.6) is 0 Å². The number of rotatable bonds is 6. The quantitative estimate of drug-likeness (QED) is 0.805. The highest BCUT2D eigenvalue weighted by Gasteiger charge is 2.70. The SMILES string of the molecule is O=C(O)C1C2CCN(C(=O)OCc3ccccc3)CC21COC1CCCCO1. The fourth-order valence-corrected chi connectivity index (χ4v) is 4.69. The molecule has 28 heavy (non-hydrogen) atoms. The molecule has 2 aliphatic heterocycles. The van der Waals surface area contributed by atoms with E-state index in [1.165, 1.54) is 0 Å². The molecule has 1 amide bonds. The lowest BCUT2D eigenvalue weighted by molar-refractivity contribution is -0.176. The maximum atomic E-state index is 12.6. The number of hydrogen-bond donors (Lipinski definition) is 1. The summed E-state index contributed by atoms with van der Waals surface area (Å²) in [6, 6.07) is 9.52. The number of benzene rings is 1. The molecule has 0 aromatic heterocycles. The fourth-order valence-electron chi connectivity index (χ4n) is 4.69. The van der Waals surface area contributed by atoms with Gasteiger partial charge in [0, 0.05) is 25.1 Å². The van der Waals surface area contributed by atoms with E-state index in [1.54, 1.807) is 4.90 Å². The molecule has 0 spiro atoms. The Labute approximate surface area is 164 Å². The van der Waals surface area contributed by atoms with E-state index in [4.69, 9.17) is 14.2 Å². The molecule has 7 heteroatoms. The van der Waals surface area contributed by atoms with Gasteiger partial charge in [-0.2, -0.15) is 0 Å². The molecule has 2 saturated heterocycles. The third-order valence-corrected chi connectivity index (χ3v) is 6.25. The van der Waals surface area contributed by atoms with Gasteiger partial charge in [0.25, 0.3) is 0 Å². The number of piperidine rings is 1. The average Bonchev–Trinajstić information content (AvgIpc) is 3.40. The highest BCUT2D eigenvalue weighted by Crippen LogP contribution is 2.63. The first-order valence-electron chi connectivity index (χ1n) is 10.0. The number of fused-ring (bicyclic) bond motifs is 1. The zero-order valence-corrected chi connectivity index (χ0v) is 15.9. The summed E-state index contributed by atoms with van der Waals surface area (Å²) < 4.78 is 17.0. The Hall–Kier alpha value is -2.12. The average molecular weight is 389 g/mol. The molecule has 2 heterocycles. The minimum absolute atomic E-state index is 0.0479. The van der Waals surface area contributed by atoms with Gasteiger partial charge in [-0.1, -0.05) is 30.3 Å². The van der Waals surface area contributed by atoms with Crippen molar-refractivity contribution in [1.82, 2.24) is 4.90 Å². The molecule has 0 bridgehead atoms. The Kier molecular flexibility index (Phi) is 5.55. The number of likely N-dealkylation sites (tertiary alicyclic amines) is 1. The van der Waals surface area contributed by atoms with Crippen molar-refractivity contribution >= 4 is 12.1 Å². The Balaban J connectivity index is 1.36. The number of carbonyl (C=O) groups is 2. The highest BCUT2D eigenvalue weighted by molar-refractivity contribution is 5.77. The van der Waals surface area contributed by atoms with Crippen LogP contribution in [-0.2, 0) is 25.6 Å². The summed E-state index contributed by atoms with van der Waals surface area (Å²) in [6.45, 7) is 2.07. The minimum atomic E-state index is -0.808. The Morgan fingerprint density at radius 3 is 2.75 bits per heavy atom. The van der Waals surface area contributed by atoms with Crippen LogP contribution in [0.2, 0.25) is 0 Å². The summed E-state index contributed by atoms with van der Waals surface area (Å²) in [5.41, 5.74) is 0.393. The van der Waals surface area contributed by atoms with Gasteiger partial charge in [-0.3, -0.25) is 4.79 Å². The van der Waals surface area contributed by atoms with Crippen LogP contribution in [0, 0.1) is 17.3 Å². The molecule has 4 atom stereocenters. The lowest BCUT2D eigenvalue weighted by Crippen LogP contribution is -2.44. The molecular formula is C21H27NO6. The first-order valence-corrected chi connectivity index (χ1v) is 10.0. The van der Waals surface area contributed by atoms with Crippen molar-refractivity contribution in [2.24, 2.45) is 17.3 Å². The van der Waals surface area contributed by atoms with Crippen LogP contribution in [-0.4, -0.2) is 54.7 Å². The first-order chi connectivity index (χ1) is 13.6. The van der Waals surface area contributed by atoms with Crippen molar-refractivity contribution in [2.75, 3.05) is 26.3 Å². The Morgan fingerprint density at radius 1 is 1.21 bits per heavy atom. The van der Waals surface area contributed by atoms with E-state index in [0.29, 0.717) is 32.7 Å². The molecule has 7 nitrogen and oxygen atoms in total. The van der Waals surface area contributed by atoms with Gasteiger partial charge in [0.05, 0.1) is 12.5 Å². The topological polar surface area (TPSA) is 85.3 Å². The van der Waals surface area contributed by atoms with Crippen molar-refractivity contribution < 1.29 is 28.9 Å². The second kappa shape index (κ2) is 8.09. The van der Waals surface area contributed by atoms with E-state index < -0.39 is 23.4 Å². The molecule has 1 N–H and O–H groups in total. The van der Waals surface area contributed by atoms with Gasteiger partial charge in [-0.25, -0.2) is 4.79 Å². The number of nitrogens with zero attached hydrogens (tertiary/aromatic N) is 1. The zero-order valence-electron chi connectivity index (χ0n) is 15.9. The van der Waals surface area contributed by atoms with E-state index in [9.17, 15) is 14.7 Å². The second-order valence-corrected chi connectivity index (χ2v) is 8.01. The second-order valence-electron chi connectivity index (χ2n) is 8.01. The van der Waals surface area contributed by atoms with Crippen molar-refractivity contribution in [3.63, 3.8) is 0 Å². The lowest BCUT2D eigenvalue weighted by atomic mass is 9.97. The van der Waals surface area contributed by atoms with Crippen LogP contribution in [0.15, 0.2) is 30.3 Å². The number of aliphatic carboxylic acids is 1. The fraction of sp³-hybridized carbons (Fsp3) is 0.619. The predicted octanol–water partition coefficient (Wildman–Crippen LogP) is 2.89. The Morgan fingerprint density at radius 2 is 2.04 bits per heavy atom. The van der Waals surface area contributed by atoms with Crippen LogP contribution in [0.3, 0.4) is 0 Å². The van der Waals surface area contributed by atoms with Crippen LogP contribution in [0.25, 0.3) is 0 Å². The zero-order chi connectivity index (χ0) is 19.6. The molecular weight excluding hydrogens is 362 g/mol. The molecule has 1 aliphatic carbocycles. The van der Waals surface area contributed by atoms with Crippen molar-refractivity contribution in [3.05, 3.63) is 35.9 Å². The van der Waals surface area contributed by atoms with E-state index in [0.717, 1.165) is 24.8 Å². The molecule has 1 aromatic carbocycles. The van der Waals surface area contributed by atoms with Crippen molar-refractivity contribution in [2.45, 2.75) is 38.6 Å². The van der Waals surface area contributed by atoms with Gasteiger partial charge < -0.3 is 24.2 Å². The summed E-state index contributed by atoms with van der Waals surface area (Å²) in [5, 5.41) is 9.64. The smallest absolute Gasteiger partial charge is 0.410 e. The maximum absolute atomic E-state index is 12.6. The highest BCUT2D eigenvalue weighted by atomic mass is 16.7. The van der Waals surface area contributed by atoms with E-state index in [2.05, 4.69) is 0 Å². The molecule has 4 rings (SSSR count). The summed E-state index contributed by atoms with van der Waals surface area (Å²) in [4.78, 5) is 25.9. The van der Waals surface area contributed by atoms with Crippen LogP contribution < -0.4 is 0 Å². The van der Waals surface area contributed by atoms with Gasteiger partial charge in [0.2, 0.25) is 0 Å². The first kappa shape index (κ1) is 19.2. The maximum Gasteiger partial charge on any atom is 0.410 e. The van der Waals surface area contributed by atoms with E-state index in [-0.39, 0.29) is 18.8 Å². The number of hydrogen-bond acceptors (Lipinski definition) is 5. The largest absolute Gasteiger partial charge is 0.481 e. The predicted molar refractivity (Wildman–Crippen MR) is 99.4 cm³/mol. The molecule has 1 saturated carbocycles. The minimum Gasteiger partial charge on any atom is -0.481 e. The Bertz CT molecular complexity index is 704. The molecule has 152 valence electrons. The molecule has 4 unspecified atom stereocenters. The third kappa shape index (κ3) is 3.86. The number of amides is 1. The summed E-state index contributed by atoms with van der Waals surface area (Å²) in [6.07, 6.45) is 2.92. The number of carboxylic acids is 1. The van der Waals surface area contributed by atoms with Crippen LogP contribution in [0.4, 0.5) is 4.79 Å². The van der Waals surface area contributed by atoms with Gasteiger partial charge >= 0.3 is 12.1 Å². The summed E-state index contributed by atoms with van der Waals surface area (Å²) in [5.74, 6) is -1.23. The normalized spacial score (nSPS) is 31.7. The van der Waals surface area contributed by atoms with Crippen LogP contribution in [0.1, 0.15) is 31.2 Å². The lowest BCUT2D eigenvalue weighted by Gasteiger charge is -2.33. The monoisotopic (exact) mass is 389 g/mol. The van der Waals surface area contributed by atoms with E-state index in [1.807, 2.05) is 30.3 Å². The van der Waals surface area contributed by atoms with Gasteiger partial charge in [0.15, 0.2) is 6.29 Å². The van der Waals surface area contributed by atoms with Gasteiger partial charge in [-0.05, 0) is 37.2 Å². The number of carbonyl (C=O) groups excluding carboxylic acids is 1. The number of carboxylic acid groups (broad SMARTS) is 1. The molecule has 0 radical (unpaired) electrons. The molecule has 1 aromatic rings.